The van der Waals surface area contributed by atoms with Gasteiger partial charge >= 0.3 is 29.6 Å². The zero-order chi connectivity index (χ0) is 14.8. The zero-order valence-corrected chi connectivity index (χ0v) is 15.0. The van der Waals surface area contributed by atoms with Gasteiger partial charge in [0.1, 0.15) is 0 Å². The summed E-state index contributed by atoms with van der Waals surface area (Å²) in [7, 11) is 0. The van der Waals surface area contributed by atoms with Gasteiger partial charge in [0.25, 0.3) is 0 Å². The maximum absolute atomic E-state index is 11.2. The molecule has 5 heteroatoms. The summed E-state index contributed by atoms with van der Waals surface area (Å²) in [5.74, 6) is -1.14. The van der Waals surface area contributed by atoms with E-state index in [2.05, 4.69) is 9.98 Å². The smallest absolute Gasteiger partial charge is 0.548 e. The van der Waals surface area contributed by atoms with Crippen LogP contribution in [-0.4, -0.2) is 23.2 Å². The van der Waals surface area contributed by atoms with E-state index in [1.54, 1.807) is 6.21 Å². The molecule has 1 N–H and O–H groups in total. The van der Waals surface area contributed by atoms with E-state index in [0.717, 1.165) is 16.5 Å². The monoisotopic (exact) mass is 294 g/mol. The Labute approximate surface area is 147 Å². The van der Waals surface area contributed by atoms with Crippen LogP contribution in [0.2, 0.25) is 0 Å². The van der Waals surface area contributed by atoms with Crippen molar-refractivity contribution in [1.82, 2.24) is 4.98 Å². The number of carbonyl (C=O) groups is 1. The van der Waals surface area contributed by atoms with Gasteiger partial charge < -0.3 is 14.9 Å². The number of H-pyrrole nitrogens is 1. The van der Waals surface area contributed by atoms with E-state index < -0.39 is 12.0 Å². The van der Waals surface area contributed by atoms with E-state index in [1.165, 1.54) is 0 Å². The Morgan fingerprint density at radius 3 is 2.67 bits per heavy atom. The van der Waals surface area contributed by atoms with Gasteiger partial charge in [0, 0.05) is 29.7 Å². The van der Waals surface area contributed by atoms with Crippen LogP contribution in [0.5, 0.6) is 0 Å². The third-order valence-corrected chi connectivity index (χ3v) is 3.00. The average Bonchev–Trinajstić information content (AvgIpc) is 2.76. The second kappa shape index (κ2) is 7.25. The molecule has 2 rings (SSSR count). The predicted molar refractivity (Wildman–Crippen MR) is 78.7 cm³/mol. The van der Waals surface area contributed by atoms with Crippen molar-refractivity contribution < 1.29 is 39.5 Å². The molecule has 0 saturated carbocycles. The molecule has 0 aliphatic rings. The molecule has 4 nitrogen and oxygen atoms in total. The maximum atomic E-state index is 11.2. The van der Waals surface area contributed by atoms with Crippen molar-refractivity contribution in [2.45, 2.75) is 33.2 Å². The summed E-state index contributed by atoms with van der Waals surface area (Å²) in [4.78, 5) is 18.6. The van der Waals surface area contributed by atoms with Crippen LogP contribution >= 0.6 is 0 Å². The van der Waals surface area contributed by atoms with Crippen LogP contribution < -0.4 is 34.7 Å². The van der Waals surface area contributed by atoms with Crippen LogP contribution in [0.3, 0.4) is 0 Å². The van der Waals surface area contributed by atoms with Crippen molar-refractivity contribution in [3.05, 3.63) is 36.0 Å². The van der Waals surface area contributed by atoms with E-state index in [9.17, 15) is 9.90 Å². The topological polar surface area (TPSA) is 68.3 Å². The van der Waals surface area contributed by atoms with Crippen molar-refractivity contribution in [2.24, 2.45) is 10.4 Å². The first-order valence-corrected chi connectivity index (χ1v) is 6.67. The number of nitrogens with zero attached hydrogens (tertiary/aromatic N) is 1. The summed E-state index contributed by atoms with van der Waals surface area (Å²) in [5.41, 5.74) is 1.80. The fourth-order valence-corrected chi connectivity index (χ4v) is 2.02. The summed E-state index contributed by atoms with van der Waals surface area (Å²) in [6.07, 6.45) is 3.86. The molecule has 0 aliphatic carbocycles. The van der Waals surface area contributed by atoms with E-state index in [4.69, 9.17) is 0 Å². The van der Waals surface area contributed by atoms with Crippen LogP contribution in [0, 0.1) is 5.41 Å². The molecule has 1 unspecified atom stereocenters. The van der Waals surface area contributed by atoms with Crippen LogP contribution in [-0.2, 0) is 11.2 Å². The molecule has 21 heavy (non-hydrogen) atoms. The van der Waals surface area contributed by atoms with Gasteiger partial charge in [-0.25, -0.2) is 0 Å². The number of carboxylic acid groups (broad SMARTS) is 1. The molecule has 0 spiro atoms. The molecule has 0 saturated heterocycles. The normalized spacial score (nSPS) is 13.3. The number of hydrogen-bond donors (Lipinski definition) is 1. The summed E-state index contributed by atoms with van der Waals surface area (Å²) < 4.78 is 0. The number of nitrogens with one attached hydrogen (secondary N) is 1. The van der Waals surface area contributed by atoms with Crippen molar-refractivity contribution in [2.75, 3.05) is 0 Å². The number of rotatable bonds is 4. The largest absolute Gasteiger partial charge is 1.00 e. The molecule has 0 amide bonds. The quantitative estimate of drug-likeness (QED) is 0.577. The first kappa shape index (κ1) is 18.0. The Morgan fingerprint density at radius 1 is 1.38 bits per heavy atom. The number of fused-ring (bicyclic) bond motifs is 1. The SMILES string of the molecule is CC(C)(C)C=NC(Cc1c[nH]c2ccccc12)C(=O)[O-].[Na+]. The van der Waals surface area contributed by atoms with Crippen LogP contribution in [0.15, 0.2) is 35.5 Å². The van der Waals surface area contributed by atoms with E-state index in [0.29, 0.717) is 6.42 Å². The fraction of sp³-hybridized carbons (Fsp3) is 0.375. The Morgan fingerprint density at radius 2 is 2.05 bits per heavy atom. The Hall–Kier alpha value is -1.10. The summed E-state index contributed by atoms with van der Waals surface area (Å²) in [6, 6.07) is 6.96. The van der Waals surface area contributed by atoms with E-state index >= 15 is 0 Å². The van der Waals surface area contributed by atoms with Gasteiger partial charge in [-0.2, -0.15) is 0 Å². The standard InChI is InChI=1S/C16H20N2O2.Na/c1-16(2,3)10-18-14(15(19)20)8-11-9-17-13-7-5-4-6-12(11)13;/h4-7,9-10,14,17H,8H2,1-3H3,(H,19,20);/q;+1/p-1. The van der Waals surface area contributed by atoms with Gasteiger partial charge in [-0.3, -0.25) is 4.99 Å². The first-order chi connectivity index (χ1) is 9.37. The van der Waals surface area contributed by atoms with Crippen molar-refractivity contribution in [3.8, 4) is 0 Å². The number of hydrogen-bond acceptors (Lipinski definition) is 3. The Bertz CT molecular complexity index is 641. The Kier molecular flexibility index (Phi) is 6.20. The van der Waals surface area contributed by atoms with Gasteiger partial charge in [0.2, 0.25) is 0 Å². The third-order valence-electron chi connectivity index (χ3n) is 3.00. The molecule has 0 aliphatic heterocycles. The van der Waals surface area contributed by atoms with Crippen LogP contribution in [0.1, 0.15) is 26.3 Å². The molecule has 1 aromatic heterocycles. The molecule has 0 radical (unpaired) electrons. The van der Waals surface area contributed by atoms with Gasteiger partial charge in [-0.15, -0.1) is 0 Å². The Balaban J connectivity index is 0.00000220. The molecular formula is C16H19N2NaO2. The second-order valence-electron chi connectivity index (χ2n) is 6.04. The zero-order valence-electron chi connectivity index (χ0n) is 13.0. The third kappa shape index (κ3) is 4.99. The maximum Gasteiger partial charge on any atom is 1.00 e. The second-order valence-corrected chi connectivity index (χ2v) is 6.04. The summed E-state index contributed by atoms with van der Waals surface area (Å²) in [6.45, 7) is 5.94. The molecule has 0 bridgehead atoms. The molecule has 0 fully saturated rings. The average molecular weight is 294 g/mol. The number of benzene rings is 1. The van der Waals surface area contributed by atoms with E-state index in [-0.39, 0.29) is 35.0 Å². The van der Waals surface area contributed by atoms with Crippen LogP contribution in [0.4, 0.5) is 0 Å². The molecule has 106 valence electrons. The van der Waals surface area contributed by atoms with Crippen molar-refractivity contribution in [1.29, 1.82) is 0 Å². The van der Waals surface area contributed by atoms with E-state index in [1.807, 2.05) is 51.2 Å². The number of aromatic nitrogens is 1. The summed E-state index contributed by atoms with van der Waals surface area (Å²) in [5, 5.41) is 12.3. The first-order valence-electron chi connectivity index (χ1n) is 6.67. The van der Waals surface area contributed by atoms with Gasteiger partial charge in [0.05, 0.1) is 12.0 Å². The van der Waals surface area contributed by atoms with Crippen molar-refractivity contribution >= 4 is 23.1 Å². The van der Waals surface area contributed by atoms with Gasteiger partial charge in [0.15, 0.2) is 0 Å². The number of carbonyl (C=O) groups excluding carboxylic acids is 1. The number of para-hydroxylation sites is 1. The number of carboxylic acids is 1. The molecule has 2 aromatic rings. The molecule has 1 heterocycles. The minimum Gasteiger partial charge on any atom is -0.548 e. The van der Waals surface area contributed by atoms with Crippen molar-refractivity contribution in [3.63, 3.8) is 0 Å². The number of aliphatic imine (C=N–C) groups is 1. The van der Waals surface area contributed by atoms with Gasteiger partial charge in [-0.1, -0.05) is 39.0 Å². The predicted octanol–water partition coefficient (Wildman–Crippen LogP) is -1.05. The van der Waals surface area contributed by atoms with Gasteiger partial charge in [-0.05, 0) is 17.0 Å². The minimum absolute atomic E-state index is 0. The van der Waals surface area contributed by atoms with Crippen LogP contribution in [0.25, 0.3) is 10.9 Å². The minimum atomic E-state index is -1.14. The summed E-state index contributed by atoms with van der Waals surface area (Å²) >= 11 is 0. The molecule has 1 aromatic carbocycles. The molecule has 1 atom stereocenters. The molecular weight excluding hydrogens is 275 g/mol. The fourth-order valence-electron chi connectivity index (χ4n) is 2.02. The number of aliphatic carboxylic acids is 1. The number of aromatic amines is 1.